The third kappa shape index (κ3) is 5.49. The number of anilines is 1. The van der Waals surface area contributed by atoms with E-state index in [0.717, 1.165) is 23.6 Å². The van der Waals surface area contributed by atoms with E-state index in [1.807, 2.05) is 43.7 Å². The lowest BCUT2D eigenvalue weighted by atomic mass is 10.1. The molecule has 0 radical (unpaired) electrons. The third-order valence-corrected chi connectivity index (χ3v) is 5.37. The SMILES string of the molecule is COc1cc(C(=O)Nc2nc(-c3ccccc3OCCN(C)C)cs2)cc(OC)c1OC. The summed E-state index contributed by atoms with van der Waals surface area (Å²) in [4.78, 5) is 19.5. The summed E-state index contributed by atoms with van der Waals surface area (Å²) in [6.45, 7) is 1.38. The highest BCUT2D eigenvalue weighted by Crippen LogP contribution is 2.38. The molecule has 0 bridgehead atoms. The highest BCUT2D eigenvalue weighted by molar-refractivity contribution is 7.14. The fourth-order valence-corrected chi connectivity index (χ4v) is 3.68. The average molecular weight is 458 g/mol. The van der Waals surface area contributed by atoms with Crippen molar-refractivity contribution in [3.05, 3.63) is 47.3 Å². The van der Waals surface area contributed by atoms with Gasteiger partial charge in [0.25, 0.3) is 5.91 Å². The molecule has 0 atom stereocenters. The number of rotatable bonds is 10. The molecule has 32 heavy (non-hydrogen) atoms. The number of thiazole rings is 1. The molecule has 1 amide bonds. The molecule has 3 rings (SSSR count). The van der Waals surface area contributed by atoms with Crippen molar-refractivity contribution in [3.8, 4) is 34.3 Å². The van der Waals surface area contributed by atoms with Gasteiger partial charge in [-0.15, -0.1) is 11.3 Å². The number of nitrogens with one attached hydrogen (secondary N) is 1. The molecule has 1 N–H and O–H groups in total. The van der Waals surface area contributed by atoms with Gasteiger partial charge in [-0.05, 0) is 38.4 Å². The number of amides is 1. The van der Waals surface area contributed by atoms with E-state index in [0.29, 0.717) is 34.6 Å². The zero-order valence-corrected chi connectivity index (χ0v) is 19.6. The Morgan fingerprint density at radius 1 is 1.03 bits per heavy atom. The van der Waals surface area contributed by atoms with Crippen molar-refractivity contribution in [2.24, 2.45) is 0 Å². The summed E-state index contributed by atoms with van der Waals surface area (Å²) in [7, 11) is 8.52. The number of hydrogen-bond donors (Lipinski definition) is 1. The van der Waals surface area contributed by atoms with Crippen molar-refractivity contribution in [3.63, 3.8) is 0 Å². The van der Waals surface area contributed by atoms with Crippen molar-refractivity contribution in [1.82, 2.24) is 9.88 Å². The molecule has 0 unspecified atom stereocenters. The Labute approximate surface area is 191 Å². The normalized spacial score (nSPS) is 10.7. The van der Waals surface area contributed by atoms with E-state index in [1.54, 1.807) is 12.1 Å². The van der Waals surface area contributed by atoms with Gasteiger partial charge in [-0.1, -0.05) is 12.1 Å². The van der Waals surface area contributed by atoms with Gasteiger partial charge in [-0.3, -0.25) is 10.1 Å². The van der Waals surface area contributed by atoms with Crippen LogP contribution in [0.2, 0.25) is 0 Å². The van der Waals surface area contributed by atoms with E-state index in [2.05, 4.69) is 15.2 Å². The van der Waals surface area contributed by atoms with Gasteiger partial charge in [-0.25, -0.2) is 4.98 Å². The molecular weight excluding hydrogens is 430 g/mol. The van der Waals surface area contributed by atoms with Crippen LogP contribution in [0.25, 0.3) is 11.3 Å². The number of likely N-dealkylation sites (N-methyl/N-ethyl adjacent to an activating group) is 1. The maximum atomic E-state index is 12.8. The van der Waals surface area contributed by atoms with Gasteiger partial charge in [0.15, 0.2) is 16.6 Å². The topological polar surface area (TPSA) is 82.2 Å². The number of hydrogen-bond acceptors (Lipinski definition) is 8. The second-order valence-corrected chi connectivity index (χ2v) is 7.91. The van der Waals surface area contributed by atoms with Gasteiger partial charge in [-0.2, -0.15) is 0 Å². The largest absolute Gasteiger partial charge is 0.493 e. The zero-order valence-electron chi connectivity index (χ0n) is 18.8. The molecule has 9 heteroatoms. The molecule has 170 valence electrons. The minimum absolute atomic E-state index is 0.333. The van der Waals surface area contributed by atoms with E-state index >= 15 is 0 Å². The monoisotopic (exact) mass is 457 g/mol. The van der Waals surface area contributed by atoms with Crippen LogP contribution in [0.3, 0.4) is 0 Å². The molecule has 0 saturated carbocycles. The van der Waals surface area contributed by atoms with Gasteiger partial charge >= 0.3 is 0 Å². The van der Waals surface area contributed by atoms with Crippen LogP contribution in [0.4, 0.5) is 5.13 Å². The zero-order chi connectivity index (χ0) is 23.1. The molecule has 0 spiro atoms. The van der Waals surface area contributed by atoms with Crippen LogP contribution in [-0.2, 0) is 0 Å². The van der Waals surface area contributed by atoms with E-state index in [4.69, 9.17) is 18.9 Å². The average Bonchev–Trinajstić information content (AvgIpc) is 3.26. The first-order chi connectivity index (χ1) is 15.5. The Balaban J connectivity index is 1.78. The summed E-state index contributed by atoms with van der Waals surface area (Å²) >= 11 is 1.34. The van der Waals surface area contributed by atoms with Gasteiger partial charge in [0.2, 0.25) is 5.75 Å². The summed E-state index contributed by atoms with van der Waals surface area (Å²) in [5, 5.41) is 5.20. The minimum Gasteiger partial charge on any atom is -0.493 e. The maximum Gasteiger partial charge on any atom is 0.257 e. The lowest BCUT2D eigenvalue weighted by Gasteiger charge is -2.13. The number of carbonyl (C=O) groups is 1. The van der Waals surface area contributed by atoms with E-state index in [1.165, 1.54) is 32.7 Å². The number of aromatic nitrogens is 1. The molecule has 1 aromatic heterocycles. The van der Waals surface area contributed by atoms with Crippen molar-refractivity contribution in [1.29, 1.82) is 0 Å². The van der Waals surface area contributed by atoms with E-state index in [-0.39, 0.29) is 5.91 Å². The van der Waals surface area contributed by atoms with Gasteiger partial charge in [0, 0.05) is 23.1 Å². The van der Waals surface area contributed by atoms with E-state index < -0.39 is 0 Å². The third-order valence-electron chi connectivity index (χ3n) is 4.61. The van der Waals surface area contributed by atoms with Crippen LogP contribution in [0, 0.1) is 0 Å². The molecule has 0 saturated heterocycles. The molecule has 8 nitrogen and oxygen atoms in total. The molecule has 0 fully saturated rings. The van der Waals surface area contributed by atoms with Crippen molar-refractivity contribution < 1.29 is 23.7 Å². The Morgan fingerprint density at radius 2 is 1.72 bits per heavy atom. The molecular formula is C23H27N3O5S. The molecule has 2 aromatic carbocycles. The Bertz CT molecular complexity index is 1040. The number of carbonyl (C=O) groups excluding carboxylic acids is 1. The predicted molar refractivity (Wildman–Crippen MR) is 126 cm³/mol. The Kier molecular flexibility index (Phi) is 7.91. The summed E-state index contributed by atoms with van der Waals surface area (Å²) in [6.07, 6.45) is 0. The Morgan fingerprint density at radius 3 is 2.34 bits per heavy atom. The fourth-order valence-electron chi connectivity index (χ4n) is 2.98. The highest BCUT2D eigenvalue weighted by Gasteiger charge is 2.18. The van der Waals surface area contributed by atoms with Crippen LogP contribution >= 0.6 is 11.3 Å². The van der Waals surface area contributed by atoms with Gasteiger partial charge in [0.05, 0.1) is 27.0 Å². The summed E-state index contributed by atoms with van der Waals surface area (Å²) in [6, 6.07) is 10.9. The van der Waals surface area contributed by atoms with Crippen molar-refractivity contribution in [2.45, 2.75) is 0 Å². The Hall–Kier alpha value is -3.30. The van der Waals surface area contributed by atoms with Crippen molar-refractivity contribution in [2.75, 3.05) is 53.9 Å². The van der Waals surface area contributed by atoms with Gasteiger partial charge < -0.3 is 23.8 Å². The van der Waals surface area contributed by atoms with E-state index in [9.17, 15) is 4.79 Å². The number of para-hydroxylation sites is 1. The van der Waals surface area contributed by atoms with Crippen LogP contribution in [0.15, 0.2) is 41.8 Å². The minimum atomic E-state index is -0.333. The molecule has 1 heterocycles. The first kappa shape index (κ1) is 23.4. The van der Waals surface area contributed by atoms with Crippen LogP contribution in [0.5, 0.6) is 23.0 Å². The first-order valence-corrected chi connectivity index (χ1v) is 10.8. The van der Waals surface area contributed by atoms with Crippen LogP contribution < -0.4 is 24.3 Å². The number of benzene rings is 2. The number of methoxy groups -OCH3 is 3. The fraction of sp³-hybridized carbons (Fsp3) is 0.304. The van der Waals surface area contributed by atoms with Crippen molar-refractivity contribution >= 4 is 22.4 Å². The smallest absolute Gasteiger partial charge is 0.257 e. The van der Waals surface area contributed by atoms with Crippen LogP contribution in [-0.4, -0.2) is 64.4 Å². The summed E-state index contributed by atoms with van der Waals surface area (Å²) < 4.78 is 21.9. The second kappa shape index (κ2) is 10.8. The molecule has 0 aliphatic carbocycles. The number of ether oxygens (including phenoxy) is 4. The summed E-state index contributed by atoms with van der Waals surface area (Å²) in [5.41, 5.74) is 1.97. The maximum absolute atomic E-state index is 12.8. The summed E-state index contributed by atoms with van der Waals surface area (Å²) in [5.74, 6) is 1.65. The molecule has 3 aromatic rings. The highest BCUT2D eigenvalue weighted by atomic mass is 32.1. The van der Waals surface area contributed by atoms with Gasteiger partial charge in [0.1, 0.15) is 12.4 Å². The second-order valence-electron chi connectivity index (χ2n) is 7.05. The predicted octanol–water partition coefficient (Wildman–Crippen LogP) is 4.03. The number of nitrogens with zero attached hydrogens (tertiary/aromatic N) is 2. The molecule has 0 aliphatic heterocycles. The lowest BCUT2D eigenvalue weighted by molar-refractivity contribution is 0.102. The molecule has 0 aliphatic rings. The quantitative estimate of drug-likeness (QED) is 0.492. The standard InChI is InChI=1S/C23H27N3O5S/c1-26(2)10-11-31-18-9-7-6-8-16(18)17-14-32-23(24-17)25-22(27)15-12-19(28-3)21(30-5)20(13-15)29-4/h6-9,12-14H,10-11H2,1-5H3,(H,24,25,27). The van der Waals surface area contributed by atoms with Crippen LogP contribution in [0.1, 0.15) is 10.4 Å². The first-order valence-electron chi connectivity index (χ1n) is 9.90. The lowest BCUT2D eigenvalue weighted by Crippen LogP contribution is -2.19.